The van der Waals surface area contributed by atoms with E-state index in [1.54, 1.807) is 23.1 Å². The van der Waals surface area contributed by atoms with Gasteiger partial charge in [0.25, 0.3) is 5.91 Å². The zero-order valence-corrected chi connectivity index (χ0v) is 19.2. The number of aryl methyl sites for hydroxylation is 1. The van der Waals surface area contributed by atoms with Crippen LogP contribution in [0.5, 0.6) is 0 Å². The zero-order valence-electron chi connectivity index (χ0n) is 17.6. The molecule has 31 heavy (non-hydrogen) atoms. The van der Waals surface area contributed by atoms with Crippen LogP contribution in [0, 0.1) is 6.92 Å². The first-order valence-electron chi connectivity index (χ1n) is 10.1. The monoisotopic (exact) mass is 459 g/mol. The van der Waals surface area contributed by atoms with Gasteiger partial charge in [0.1, 0.15) is 0 Å². The Bertz CT molecular complexity index is 1200. The number of carbonyl (C=O) groups excluding carboxylic acids is 1. The second-order valence-corrected chi connectivity index (χ2v) is 10.6. The number of aromatic nitrogens is 1. The summed E-state index contributed by atoms with van der Waals surface area (Å²) in [6, 6.07) is 12.3. The van der Waals surface area contributed by atoms with E-state index < -0.39 is 9.84 Å². The summed E-state index contributed by atoms with van der Waals surface area (Å²) in [4.78, 5) is 22.2. The smallest absolute Gasteiger partial charge is 0.261 e. The van der Waals surface area contributed by atoms with Crippen LogP contribution in [0.25, 0.3) is 10.2 Å². The lowest BCUT2D eigenvalue weighted by molar-refractivity contribution is 0.0391. The highest BCUT2D eigenvalue weighted by molar-refractivity contribution is 7.90. The molecule has 0 aliphatic carbocycles. The minimum atomic E-state index is -3.55. The van der Waals surface area contributed by atoms with E-state index in [0.29, 0.717) is 31.4 Å². The molecule has 1 aliphatic heterocycles. The maximum Gasteiger partial charge on any atom is 0.261 e. The molecule has 1 aliphatic rings. The van der Waals surface area contributed by atoms with Gasteiger partial charge in [-0.3, -0.25) is 14.6 Å². The molecule has 0 N–H and O–H groups in total. The van der Waals surface area contributed by atoms with Gasteiger partial charge >= 0.3 is 0 Å². The number of amides is 1. The van der Waals surface area contributed by atoms with Crippen LogP contribution >= 0.6 is 11.3 Å². The number of ether oxygens (including phenoxy) is 1. The number of hydrogen-bond donors (Lipinski definition) is 0. The van der Waals surface area contributed by atoms with Gasteiger partial charge in [0, 0.05) is 32.4 Å². The van der Waals surface area contributed by atoms with E-state index in [0.717, 1.165) is 35.1 Å². The van der Waals surface area contributed by atoms with Crippen molar-refractivity contribution in [2.75, 3.05) is 50.5 Å². The van der Waals surface area contributed by atoms with Crippen LogP contribution in [0.2, 0.25) is 0 Å². The Labute approximate surface area is 186 Å². The number of fused-ring (bicyclic) bond motifs is 1. The molecule has 7 nitrogen and oxygen atoms in total. The van der Waals surface area contributed by atoms with Crippen molar-refractivity contribution in [2.24, 2.45) is 0 Å². The van der Waals surface area contributed by atoms with Gasteiger partial charge in [-0.25, -0.2) is 13.4 Å². The molecule has 1 fully saturated rings. The Morgan fingerprint density at radius 3 is 2.68 bits per heavy atom. The standard InChI is InChI=1S/C22H25N3O4S2/c1-16-7-8-18-19(15-16)30-22(23-18)25(10-9-24-11-13-29-14-12-24)21(26)17-5-3-4-6-20(17)31(2,27)28/h3-8,15H,9-14H2,1-2H3. The summed E-state index contributed by atoms with van der Waals surface area (Å²) in [6.07, 6.45) is 1.12. The number of nitrogens with zero attached hydrogens (tertiary/aromatic N) is 3. The molecular formula is C22H25N3O4S2. The summed E-state index contributed by atoms with van der Waals surface area (Å²) < 4.78 is 31.0. The average Bonchev–Trinajstić information content (AvgIpc) is 3.16. The Kier molecular flexibility index (Phi) is 6.38. The molecule has 0 atom stereocenters. The molecule has 164 valence electrons. The van der Waals surface area contributed by atoms with Crippen LogP contribution in [0.4, 0.5) is 5.13 Å². The number of morpholine rings is 1. The second kappa shape index (κ2) is 9.04. The van der Waals surface area contributed by atoms with E-state index in [4.69, 9.17) is 4.74 Å². The first kappa shape index (κ1) is 21.9. The maximum absolute atomic E-state index is 13.6. The second-order valence-electron chi connectivity index (χ2n) is 7.65. The third-order valence-corrected chi connectivity index (χ3v) is 7.47. The molecule has 0 spiro atoms. The lowest BCUT2D eigenvalue weighted by atomic mass is 10.2. The molecule has 0 unspecified atom stereocenters. The molecule has 1 aromatic heterocycles. The Balaban J connectivity index is 1.71. The van der Waals surface area contributed by atoms with Gasteiger partial charge in [-0.2, -0.15) is 0 Å². The molecule has 0 bridgehead atoms. The van der Waals surface area contributed by atoms with Crippen LogP contribution in [-0.2, 0) is 14.6 Å². The van der Waals surface area contributed by atoms with Crippen molar-refractivity contribution in [1.82, 2.24) is 9.88 Å². The normalized spacial score (nSPS) is 15.3. The summed E-state index contributed by atoms with van der Waals surface area (Å²) >= 11 is 1.44. The first-order chi connectivity index (χ1) is 14.8. The first-order valence-corrected chi connectivity index (χ1v) is 12.8. The van der Waals surface area contributed by atoms with E-state index in [1.165, 1.54) is 17.4 Å². The highest BCUT2D eigenvalue weighted by atomic mass is 32.2. The molecule has 9 heteroatoms. The Morgan fingerprint density at radius 1 is 1.19 bits per heavy atom. The summed E-state index contributed by atoms with van der Waals surface area (Å²) in [7, 11) is -3.55. The van der Waals surface area contributed by atoms with E-state index >= 15 is 0 Å². The third kappa shape index (κ3) is 4.95. The van der Waals surface area contributed by atoms with Crippen LogP contribution in [0.3, 0.4) is 0 Å². The van der Waals surface area contributed by atoms with Gasteiger partial charge in [0.2, 0.25) is 0 Å². The SMILES string of the molecule is Cc1ccc2nc(N(CCN3CCOCC3)C(=O)c3ccccc3S(C)(=O)=O)sc2c1. The summed E-state index contributed by atoms with van der Waals surface area (Å²) in [5.41, 5.74) is 2.12. The molecule has 0 radical (unpaired) electrons. The predicted molar refractivity (Wildman–Crippen MR) is 123 cm³/mol. The van der Waals surface area contributed by atoms with Crippen molar-refractivity contribution in [3.8, 4) is 0 Å². The summed E-state index contributed by atoms with van der Waals surface area (Å²) in [6.45, 7) is 6.04. The highest BCUT2D eigenvalue weighted by Crippen LogP contribution is 2.31. The molecular weight excluding hydrogens is 434 g/mol. The molecule has 1 saturated heterocycles. The van der Waals surface area contributed by atoms with Gasteiger partial charge in [-0.15, -0.1) is 0 Å². The third-order valence-electron chi connectivity index (χ3n) is 5.27. The van der Waals surface area contributed by atoms with Crippen molar-refractivity contribution in [1.29, 1.82) is 0 Å². The average molecular weight is 460 g/mol. The fraction of sp³-hybridized carbons (Fsp3) is 0.364. The number of carbonyl (C=O) groups is 1. The number of anilines is 1. The van der Waals surface area contributed by atoms with Gasteiger partial charge < -0.3 is 4.74 Å². The lowest BCUT2D eigenvalue weighted by Gasteiger charge is -2.29. The largest absolute Gasteiger partial charge is 0.379 e. The molecule has 2 heterocycles. The number of benzene rings is 2. The molecule has 0 saturated carbocycles. The maximum atomic E-state index is 13.6. The van der Waals surface area contributed by atoms with Gasteiger partial charge in [-0.05, 0) is 36.8 Å². The van der Waals surface area contributed by atoms with Gasteiger partial charge in [0.15, 0.2) is 15.0 Å². The van der Waals surface area contributed by atoms with Crippen molar-refractivity contribution >= 4 is 42.4 Å². The fourth-order valence-corrected chi connectivity index (χ4v) is 5.57. The van der Waals surface area contributed by atoms with Crippen molar-refractivity contribution in [3.05, 3.63) is 53.6 Å². The lowest BCUT2D eigenvalue weighted by Crippen LogP contribution is -2.43. The summed E-state index contributed by atoms with van der Waals surface area (Å²) in [5.74, 6) is -0.356. The number of thiazole rings is 1. The molecule has 4 rings (SSSR count). The van der Waals surface area contributed by atoms with E-state index in [2.05, 4.69) is 9.88 Å². The predicted octanol–water partition coefficient (Wildman–Crippen LogP) is 2.99. The van der Waals surface area contributed by atoms with E-state index in [-0.39, 0.29) is 16.4 Å². The minimum absolute atomic E-state index is 0.0355. The van der Waals surface area contributed by atoms with Crippen molar-refractivity contribution < 1.29 is 17.9 Å². The molecule has 1 amide bonds. The van der Waals surface area contributed by atoms with Gasteiger partial charge in [0.05, 0.1) is 33.9 Å². The number of hydrogen-bond acceptors (Lipinski definition) is 7. The van der Waals surface area contributed by atoms with Crippen LogP contribution < -0.4 is 4.90 Å². The zero-order chi connectivity index (χ0) is 22.0. The Hall–Kier alpha value is -2.33. The Morgan fingerprint density at radius 2 is 1.94 bits per heavy atom. The number of rotatable bonds is 6. The fourth-order valence-electron chi connectivity index (χ4n) is 3.60. The molecule has 3 aromatic rings. The quantitative estimate of drug-likeness (QED) is 0.564. The van der Waals surface area contributed by atoms with E-state index in [9.17, 15) is 13.2 Å². The van der Waals surface area contributed by atoms with E-state index in [1.807, 2.05) is 25.1 Å². The minimum Gasteiger partial charge on any atom is -0.379 e. The van der Waals surface area contributed by atoms with Gasteiger partial charge in [-0.1, -0.05) is 29.5 Å². The number of sulfone groups is 1. The topological polar surface area (TPSA) is 79.8 Å². The van der Waals surface area contributed by atoms with Crippen LogP contribution in [0.1, 0.15) is 15.9 Å². The van der Waals surface area contributed by atoms with Crippen molar-refractivity contribution in [2.45, 2.75) is 11.8 Å². The van der Waals surface area contributed by atoms with Crippen molar-refractivity contribution in [3.63, 3.8) is 0 Å². The van der Waals surface area contributed by atoms with Crippen LogP contribution in [0.15, 0.2) is 47.4 Å². The van der Waals surface area contributed by atoms with Crippen LogP contribution in [-0.4, -0.2) is 69.9 Å². The molecule has 2 aromatic carbocycles. The summed E-state index contributed by atoms with van der Waals surface area (Å²) in [5, 5.41) is 0.571. The highest BCUT2D eigenvalue weighted by Gasteiger charge is 2.27.